The van der Waals surface area contributed by atoms with E-state index in [0.29, 0.717) is 0 Å². The maximum absolute atomic E-state index is 11.7. The molecule has 1 aromatic rings. The van der Waals surface area contributed by atoms with Crippen LogP contribution in [0, 0.1) is 9.49 Å². The van der Waals surface area contributed by atoms with Crippen molar-refractivity contribution in [3.05, 3.63) is 21.5 Å². The number of rotatable bonds is 4. The number of carboxylic acid groups (broad SMARTS) is 1. The summed E-state index contributed by atoms with van der Waals surface area (Å²) in [6, 6.07) is 0.913. The first-order valence-corrected chi connectivity index (χ1v) is 6.14. The van der Waals surface area contributed by atoms with Crippen molar-refractivity contribution < 1.29 is 19.4 Å². The second-order valence-corrected chi connectivity index (χ2v) is 5.21. The number of ether oxygens (including phenoxy) is 1. The van der Waals surface area contributed by atoms with E-state index in [9.17, 15) is 9.59 Å². The molecule has 0 amide bonds. The Kier molecular flexibility index (Phi) is 4.55. The van der Waals surface area contributed by atoms with E-state index in [0.717, 1.165) is 3.57 Å². The fourth-order valence-corrected chi connectivity index (χ4v) is 2.27. The Bertz CT molecular complexity index is 439. The van der Waals surface area contributed by atoms with Gasteiger partial charge in [-0.15, -0.1) is 0 Å². The van der Waals surface area contributed by atoms with Crippen LogP contribution in [-0.4, -0.2) is 28.7 Å². The van der Waals surface area contributed by atoms with Gasteiger partial charge in [0.05, 0.1) is 7.11 Å². The first kappa shape index (κ1) is 14.0. The van der Waals surface area contributed by atoms with Crippen LogP contribution in [0.5, 0.6) is 0 Å². The van der Waals surface area contributed by atoms with Crippen molar-refractivity contribution in [3.63, 3.8) is 0 Å². The van der Waals surface area contributed by atoms with Gasteiger partial charge in [0, 0.05) is 9.77 Å². The topological polar surface area (TPSA) is 68.5 Å². The minimum atomic E-state index is -1.05. The van der Waals surface area contributed by atoms with Crippen LogP contribution in [-0.2, 0) is 9.53 Å². The molecule has 0 aromatic carbocycles. The molecule has 0 fully saturated rings. The van der Waals surface area contributed by atoms with Crippen molar-refractivity contribution in [3.8, 4) is 0 Å². The quantitative estimate of drug-likeness (QED) is 0.667. The Morgan fingerprint density at radius 3 is 2.47 bits per heavy atom. The van der Waals surface area contributed by atoms with Crippen LogP contribution in [0.1, 0.15) is 30.4 Å². The predicted octanol–water partition coefficient (Wildman–Crippen LogP) is 2.16. The SMILES string of the molecule is COC(=O)C(C(C)C)n1cc(I)cc1C(=O)O. The van der Waals surface area contributed by atoms with Gasteiger partial charge in [0.25, 0.3) is 0 Å². The molecule has 1 unspecified atom stereocenters. The van der Waals surface area contributed by atoms with Crippen molar-refractivity contribution in [2.24, 2.45) is 5.92 Å². The number of carbonyl (C=O) groups excluding carboxylic acids is 1. The number of nitrogens with zero attached hydrogens (tertiary/aromatic N) is 1. The molecule has 1 N–H and O–H groups in total. The first-order chi connectivity index (χ1) is 7.88. The largest absolute Gasteiger partial charge is 0.477 e. The van der Waals surface area contributed by atoms with Crippen LogP contribution in [0.15, 0.2) is 12.3 Å². The lowest BCUT2D eigenvalue weighted by molar-refractivity contribution is -0.146. The Hall–Kier alpha value is -1.05. The summed E-state index contributed by atoms with van der Waals surface area (Å²) in [7, 11) is 1.30. The molecule has 5 nitrogen and oxygen atoms in total. The summed E-state index contributed by atoms with van der Waals surface area (Å²) in [5.74, 6) is -1.54. The minimum absolute atomic E-state index is 0.0521. The van der Waals surface area contributed by atoms with E-state index in [1.165, 1.54) is 17.7 Å². The van der Waals surface area contributed by atoms with Gasteiger partial charge in [-0.05, 0) is 34.6 Å². The molecule has 0 radical (unpaired) electrons. The van der Waals surface area contributed by atoms with E-state index in [4.69, 9.17) is 9.84 Å². The number of aromatic nitrogens is 1. The Morgan fingerprint density at radius 1 is 1.47 bits per heavy atom. The molecule has 6 heteroatoms. The second kappa shape index (κ2) is 5.52. The summed E-state index contributed by atoms with van der Waals surface area (Å²) < 4.78 is 6.95. The maximum atomic E-state index is 11.7. The second-order valence-electron chi connectivity index (χ2n) is 3.97. The fraction of sp³-hybridized carbons (Fsp3) is 0.455. The fourth-order valence-electron chi connectivity index (χ4n) is 1.67. The number of methoxy groups -OCH3 is 1. The van der Waals surface area contributed by atoms with Gasteiger partial charge in [-0.2, -0.15) is 0 Å². The van der Waals surface area contributed by atoms with E-state index in [1.807, 2.05) is 36.4 Å². The number of halogens is 1. The Morgan fingerprint density at radius 2 is 2.06 bits per heavy atom. The summed E-state index contributed by atoms with van der Waals surface area (Å²) in [4.78, 5) is 22.8. The number of carboxylic acids is 1. The smallest absolute Gasteiger partial charge is 0.352 e. The highest BCUT2D eigenvalue weighted by atomic mass is 127. The van der Waals surface area contributed by atoms with Gasteiger partial charge in [0.1, 0.15) is 11.7 Å². The molecule has 0 saturated heterocycles. The van der Waals surface area contributed by atoms with Crippen LogP contribution >= 0.6 is 22.6 Å². The number of carbonyl (C=O) groups is 2. The summed E-state index contributed by atoms with van der Waals surface area (Å²) in [6.07, 6.45) is 1.64. The molecule has 17 heavy (non-hydrogen) atoms. The summed E-state index contributed by atoms with van der Waals surface area (Å²) in [6.45, 7) is 3.69. The Labute approximate surface area is 113 Å². The van der Waals surface area contributed by atoms with Crippen molar-refractivity contribution in [1.82, 2.24) is 4.57 Å². The lowest BCUT2D eigenvalue weighted by Gasteiger charge is -2.21. The lowest BCUT2D eigenvalue weighted by atomic mass is 10.0. The van der Waals surface area contributed by atoms with E-state index < -0.39 is 18.0 Å². The average molecular weight is 351 g/mol. The molecule has 1 heterocycles. The van der Waals surface area contributed by atoms with Gasteiger partial charge in [0.2, 0.25) is 0 Å². The van der Waals surface area contributed by atoms with Crippen molar-refractivity contribution in [1.29, 1.82) is 0 Å². The van der Waals surface area contributed by atoms with E-state index in [2.05, 4.69) is 0 Å². The zero-order valence-corrected chi connectivity index (χ0v) is 12.0. The molecule has 94 valence electrons. The summed E-state index contributed by atoms with van der Waals surface area (Å²) >= 11 is 2.02. The van der Waals surface area contributed by atoms with Crippen LogP contribution in [0.25, 0.3) is 0 Å². The number of aromatic carboxylic acids is 1. The van der Waals surface area contributed by atoms with Crippen LogP contribution in [0.2, 0.25) is 0 Å². The molecular weight excluding hydrogens is 337 g/mol. The van der Waals surface area contributed by atoms with Crippen molar-refractivity contribution in [2.45, 2.75) is 19.9 Å². The normalized spacial score (nSPS) is 12.5. The minimum Gasteiger partial charge on any atom is -0.477 e. The summed E-state index contributed by atoms with van der Waals surface area (Å²) in [5, 5.41) is 9.09. The molecule has 0 spiro atoms. The van der Waals surface area contributed by atoms with Gasteiger partial charge in [-0.1, -0.05) is 13.8 Å². The molecule has 0 bridgehead atoms. The maximum Gasteiger partial charge on any atom is 0.352 e. The van der Waals surface area contributed by atoms with Crippen molar-refractivity contribution in [2.75, 3.05) is 7.11 Å². The third-order valence-corrected chi connectivity index (χ3v) is 3.00. The number of esters is 1. The molecular formula is C11H14INO4. The van der Waals surface area contributed by atoms with E-state index >= 15 is 0 Å². The molecule has 0 saturated carbocycles. The molecule has 0 aliphatic heterocycles. The summed E-state index contributed by atoms with van der Waals surface area (Å²) in [5.41, 5.74) is 0.0958. The molecule has 0 aliphatic rings. The average Bonchev–Trinajstić information content (AvgIpc) is 2.59. The third kappa shape index (κ3) is 2.99. The highest BCUT2D eigenvalue weighted by molar-refractivity contribution is 14.1. The number of hydrogen-bond donors (Lipinski definition) is 1. The molecule has 1 aromatic heterocycles. The van der Waals surface area contributed by atoms with E-state index in [-0.39, 0.29) is 11.6 Å². The van der Waals surface area contributed by atoms with Crippen LogP contribution in [0.3, 0.4) is 0 Å². The molecule has 1 rings (SSSR count). The molecule has 1 atom stereocenters. The van der Waals surface area contributed by atoms with Crippen LogP contribution in [0.4, 0.5) is 0 Å². The van der Waals surface area contributed by atoms with Gasteiger partial charge < -0.3 is 14.4 Å². The number of hydrogen-bond acceptors (Lipinski definition) is 3. The zero-order chi connectivity index (χ0) is 13.2. The molecule has 0 aliphatic carbocycles. The zero-order valence-electron chi connectivity index (χ0n) is 9.81. The lowest BCUT2D eigenvalue weighted by Crippen LogP contribution is -2.27. The van der Waals surface area contributed by atoms with Crippen molar-refractivity contribution >= 4 is 34.5 Å². The van der Waals surface area contributed by atoms with Crippen LogP contribution < -0.4 is 0 Å². The highest BCUT2D eigenvalue weighted by Crippen LogP contribution is 2.24. The van der Waals surface area contributed by atoms with E-state index in [1.54, 1.807) is 6.20 Å². The third-order valence-electron chi connectivity index (χ3n) is 2.41. The van der Waals surface area contributed by atoms with Gasteiger partial charge >= 0.3 is 11.9 Å². The Balaban J connectivity index is 3.27. The highest BCUT2D eigenvalue weighted by Gasteiger charge is 2.28. The van der Waals surface area contributed by atoms with Gasteiger partial charge in [-0.25, -0.2) is 9.59 Å². The predicted molar refractivity (Wildman–Crippen MR) is 70.0 cm³/mol. The van der Waals surface area contributed by atoms with Gasteiger partial charge in [0.15, 0.2) is 0 Å². The monoisotopic (exact) mass is 351 g/mol. The standard InChI is InChI=1S/C11H14INO4/c1-6(2)9(11(16)17-3)13-5-7(12)4-8(13)10(14)15/h4-6,9H,1-3H3,(H,14,15). The first-order valence-electron chi connectivity index (χ1n) is 5.07. The van der Waals surface area contributed by atoms with Gasteiger partial charge in [-0.3, -0.25) is 0 Å².